The largest absolute Gasteiger partial charge is 0.500 e. The van der Waals surface area contributed by atoms with Crippen molar-refractivity contribution in [2.45, 2.75) is 5.60 Å². The van der Waals surface area contributed by atoms with Gasteiger partial charge in [-0.1, -0.05) is 12.1 Å². The lowest BCUT2D eigenvalue weighted by Crippen LogP contribution is -2.41. The van der Waals surface area contributed by atoms with Crippen molar-refractivity contribution in [1.29, 1.82) is 0 Å². The topological polar surface area (TPSA) is 116 Å². The summed E-state index contributed by atoms with van der Waals surface area (Å²) in [5, 5.41) is 0. The summed E-state index contributed by atoms with van der Waals surface area (Å²) in [6.07, 6.45) is 4.46. The van der Waals surface area contributed by atoms with Crippen molar-refractivity contribution in [1.82, 2.24) is 4.98 Å². The number of halogens is 1. The quantitative estimate of drug-likeness (QED) is 0.305. The van der Waals surface area contributed by atoms with Gasteiger partial charge in [0.05, 0.1) is 51.9 Å². The van der Waals surface area contributed by atoms with Gasteiger partial charge in [-0.05, 0) is 24.3 Å². The Balaban J connectivity index is 2.08. The molecule has 0 spiro atoms. The molecule has 1 aliphatic rings. The number of nitrogens with zero attached hydrogens (tertiary/aromatic N) is 1. The number of hydrogen-bond donors (Lipinski definition) is 0. The van der Waals surface area contributed by atoms with E-state index in [0.29, 0.717) is 28.2 Å². The van der Waals surface area contributed by atoms with E-state index in [1.165, 1.54) is 48.7 Å². The first kappa shape index (κ1) is 28.3. The minimum atomic E-state index is -4.46. The molecule has 0 N–H and O–H groups in total. The molecule has 1 heterocycles. The molecule has 208 valence electrons. The Bertz CT molecular complexity index is 1520. The third-order valence-corrected chi connectivity index (χ3v) is 7.85. The summed E-state index contributed by atoms with van der Waals surface area (Å²) in [6.45, 7) is 0. The number of hydrogen-bond acceptors (Lipinski definition) is 10. The van der Waals surface area contributed by atoms with Crippen LogP contribution < -0.4 is 14.2 Å². The molecule has 0 saturated heterocycles. The highest BCUT2D eigenvalue weighted by molar-refractivity contribution is 8.17. The molecule has 0 radical (unpaired) electrons. The maximum absolute atomic E-state index is 13.3. The van der Waals surface area contributed by atoms with Crippen LogP contribution in [-0.4, -0.2) is 56.1 Å². The lowest BCUT2D eigenvalue weighted by atomic mass is 9.80. The number of fused-ring (bicyclic) bond motifs is 1. The average molecular weight is 578 g/mol. The van der Waals surface area contributed by atoms with Gasteiger partial charge in [0, 0.05) is 36.0 Å². The zero-order chi connectivity index (χ0) is 28.4. The maximum Gasteiger partial charge on any atom is 0.258 e. The summed E-state index contributed by atoms with van der Waals surface area (Å²) in [7, 11) is 10.3. The van der Waals surface area contributed by atoms with Gasteiger partial charge >= 0.3 is 0 Å². The second kappa shape index (κ2) is 11.2. The van der Waals surface area contributed by atoms with Crippen LogP contribution in [0.15, 0.2) is 69.4 Å². The van der Waals surface area contributed by atoms with Gasteiger partial charge in [0.2, 0.25) is 5.89 Å². The molecular weight excluding hydrogens is 550 g/mol. The summed E-state index contributed by atoms with van der Waals surface area (Å²) < 4.78 is 66.4. The second-order valence-corrected chi connectivity index (χ2v) is 10.9. The molecule has 2 atom stereocenters. The summed E-state index contributed by atoms with van der Waals surface area (Å²) >= 11 is 0. The highest BCUT2D eigenvalue weighted by Crippen LogP contribution is 2.50. The lowest BCUT2D eigenvalue weighted by molar-refractivity contribution is -0.0360. The van der Waals surface area contributed by atoms with Crippen molar-refractivity contribution < 1.29 is 41.3 Å². The first-order valence-corrected chi connectivity index (χ1v) is 13.9. The summed E-state index contributed by atoms with van der Waals surface area (Å²) in [6, 6.07) is 10.3. The van der Waals surface area contributed by atoms with Crippen LogP contribution in [0.3, 0.4) is 0 Å². The van der Waals surface area contributed by atoms with Crippen molar-refractivity contribution >= 4 is 36.9 Å². The van der Waals surface area contributed by atoms with Crippen LogP contribution in [0, 0.1) is 5.92 Å². The predicted octanol–water partition coefficient (Wildman–Crippen LogP) is 5.00. The monoisotopic (exact) mass is 577 g/mol. The fourth-order valence-corrected chi connectivity index (χ4v) is 5.75. The molecule has 2 aromatic carbocycles. The van der Waals surface area contributed by atoms with Gasteiger partial charge in [-0.15, -0.1) is 0 Å². The molecular formula is C27H28ClNO9S. The number of ether oxygens (including phenoxy) is 6. The van der Waals surface area contributed by atoms with Gasteiger partial charge < -0.3 is 32.8 Å². The minimum Gasteiger partial charge on any atom is -0.500 e. The number of methoxy groups -OCH3 is 6. The molecule has 0 amide bonds. The van der Waals surface area contributed by atoms with E-state index < -0.39 is 20.6 Å². The summed E-state index contributed by atoms with van der Waals surface area (Å²) in [5.41, 5.74) is -0.354. The molecule has 39 heavy (non-hydrogen) atoms. The Morgan fingerprint density at radius 2 is 1.64 bits per heavy atom. The molecule has 0 saturated carbocycles. The number of para-hydroxylation sites is 2. The molecule has 10 nitrogen and oxygen atoms in total. The summed E-state index contributed by atoms with van der Waals surface area (Å²) in [5.74, 6) is 0.350. The third-order valence-electron chi connectivity index (χ3n) is 6.40. The molecule has 0 fully saturated rings. The van der Waals surface area contributed by atoms with Gasteiger partial charge in [-0.2, -0.15) is 0 Å². The number of allylic oxidation sites excluding steroid dienone is 1. The van der Waals surface area contributed by atoms with Crippen molar-refractivity contribution in [2.75, 3.05) is 42.7 Å². The molecule has 1 aliphatic carbocycles. The van der Waals surface area contributed by atoms with Crippen LogP contribution >= 0.6 is 10.7 Å². The fraction of sp³-hybridized carbons (Fsp3) is 0.296. The fourth-order valence-electron chi connectivity index (χ4n) is 4.52. The Hall–Kier alpha value is -3.67. The molecule has 1 aromatic heterocycles. The van der Waals surface area contributed by atoms with Gasteiger partial charge in [0.25, 0.3) is 9.05 Å². The normalized spacial score (nSPS) is 19.8. The molecule has 0 aliphatic heterocycles. The minimum absolute atomic E-state index is 0.0632. The van der Waals surface area contributed by atoms with Gasteiger partial charge in [-0.25, -0.2) is 13.4 Å². The lowest BCUT2D eigenvalue weighted by Gasteiger charge is -2.38. The maximum atomic E-state index is 13.3. The van der Waals surface area contributed by atoms with Gasteiger partial charge in [0.15, 0.2) is 11.2 Å². The third kappa shape index (κ3) is 5.17. The zero-order valence-corrected chi connectivity index (χ0v) is 23.8. The van der Waals surface area contributed by atoms with Crippen molar-refractivity contribution in [2.24, 2.45) is 5.92 Å². The average Bonchev–Trinajstić information content (AvgIpc) is 3.39. The molecule has 12 heteroatoms. The summed E-state index contributed by atoms with van der Waals surface area (Å²) in [4.78, 5) is 4.33. The van der Waals surface area contributed by atoms with Crippen LogP contribution in [0.25, 0.3) is 17.2 Å². The van der Waals surface area contributed by atoms with Crippen molar-refractivity contribution in [3.63, 3.8) is 0 Å². The number of rotatable bonds is 10. The van der Waals surface area contributed by atoms with Gasteiger partial charge in [0.1, 0.15) is 34.3 Å². The first-order valence-electron chi connectivity index (χ1n) is 11.6. The van der Waals surface area contributed by atoms with Crippen molar-refractivity contribution in [3.05, 3.63) is 76.4 Å². The zero-order valence-electron chi connectivity index (χ0n) is 22.2. The smallest absolute Gasteiger partial charge is 0.258 e. The standard InChI is InChI=1S/C27H28ClNO9S/c1-32-16-11-21(34-3)18(22(12-16)35-4)14-24(39(28,30)31)25-23(36-5)13-17(33-2)15-27(25,37-6)26-29-19-9-7-8-10-20(19)38-26/h7-15,25H,1-6H3. The van der Waals surface area contributed by atoms with Crippen LogP contribution in [0.4, 0.5) is 0 Å². The van der Waals surface area contributed by atoms with E-state index in [4.69, 9.17) is 43.5 Å². The molecule has 4 rings (SSSR count). The highest BCUT2D eigenvalue weighted by Gasteiger charge is 2.53. The highest BCUT2D eigenvalue weighted by atomic mass is 35.7. The second-order valence-electron chi connectivity index (χ2n) is 8.35. The molecule has 2 unspecified atom stereocenters. The molecule has 3 aromatic rings. The number of benzene rings is 2. The Kier molecular flexibility index (Phi) is 8.15. The van der Waals surface area contributed by atoms with E-state index in [1.54, 1.807) is 48.6 Å². The van der Waals surface area contributed by atoms with E-state index in [1.807, 2.05) is 0 Å². The van der Waals surface area contributed by atoms with Crippen LogP contribution in [-0.2, 0) is 28.9 Å². The Morgan fingerprint density at radius 1 is 0.974 bits per heavy atom. The van der Waals surface area contributed by atoms with E-state index in [2.05, 4.69) is 4.98 Å². The SMILES string of the molecule is COC1=CC(OC)(c2nc3ccccc3o2)C(C(=Cc2c(OC)cc(OC)cc2OC)S(=O)(=O)Cl)C(OC)=C1. The Labute approximate surface area is 230 Å². The van der Waals surface area contributed by atoms with Crippen LogP contribution in [0.1, 0.15) is 11.5 Å². The van der Waals surface area contributed by atoms with Crippen molar-refractivity contribution in [3.8, 4) is 17.2 Å². The number of aromatic nitrogens is 1. The van der Waals surface area contributed by atoms with E-state index in [0.717, 1.165) is 0 Å². The Morgan fingerprint density at radius 3 is 2.15 bits per heavy atom. The molecule has 0 bridgehead atoms. The predicted molar refractivity (Wildman–Crippen MR) is 145 cm³/mol. The first-order chi connectivity index (χ1) is 18.6. The van der Waals surface area contributed by atoms with Crippen LogP contribution in [0.5, 0.6) is 17.2 Å². The van der Waals surface area contributed by atoms with Crippen LogP contribution in [0.2, 0.25) is 0 Å². The van der Waals surface area contributed by atoms with Gasteiger partial charge in [-0.3, -0.25) is 0 Å². The van der Waals surface area contributed by atoms with E-state index in [9.17, 15) is 8.42 Å². The van der Waals surface area contributed by atoms with E-state index >= 15 is 0 Å². The van der Waals surface area contributed by atoms with E-state index in [-0.39, 0.29) is 28.1 Å². The number of oxazole rings is 1.